The number of rotatable bonds is 3. The Morgan fingerprint density at radius 2 is 1.76 bits per heavy atom. The van der Waals surface area contributed by atoms with E-state index >= 15 is 0 Å². The Balaban J connectivity index is 1.47. The summed E-state index contributed by atoms with van der Waals surface area (Å²) < 4.78 is 0. The predicted molar refractivity (Wildman–Crippen MR) is 89.7 cm³/mol. The van der Waals surface area contributed by atoms with Crippen LogP contribution in [0.3, 0.4) is 0 Å². The second-order valence-corrected chi connectivity index (χ2v) is 7.31. The maximum absolute atomic E-state index is 5.95. The van der Waals surface area contributed by atoms with Gasteiger partial charge in [-0.05, 0) is 68.9 Å². The van der Waals surface area contributed by atoms with Crippen LogP contribution in [-0.4, -0.2) is 42.0 Å². The first-order valence-electron chi connectivity index (χ1n) is 8.41. The maximum atomic E-state index is 5.95. The molecule has 2 fully saturated rings. The van der Waals surface area contributed by atoms with Crippen molar-refractivity contribution >= 4 is 11.6 Å². The molecule has 1 aromatic rings. The van der Waals surface area contributed by atoms with Crippen LogP contribution in [0, 0.1) is 5.92 Å². The molecule has 2 aliphatic heterocycles. The Morgan fingerprint density at radius 3 is 2.43 bits per heavy atom. The van der Waals surface area contributed by atoms with E-state index in [1.54, 1.807) is 0 Å². The summed E-state index contributed by atoms with van der Waals surface area (Å²) in [6.45, 7) is 8.59. The molecule has 3 heteroatoms. The molecule has 2 nitrogen and oxygen atoms in total. The molecule has 0 radical (unpaired) electrons. The number of benzene rings is 1. The number of likely N-dealkylation sites (tertiary alicyclic amines) is 2. The Morgan fingerprint density at radius 1 is 1.05 bits per heavy atom. The van der Waals surface area contributed by atoms with E-state index < -0.39 is 0 Å². The van der Waals surface area contributed by atoms with Crippen molar-refractivity contribution in [3.8, 4) is 0 Å². The zero-order chi connectivity index (χ0) is 14.7. The molecule has 0 bridgehead atoms. The number of halogens is 1. The van der Waals surface area contributed by atoms with Crippen molar-refractivity contribution in [3.63, 3.8) is 0 Å². The summed E-state index contributed by atoms with van der Waals surface area (Å²) in [5.74, 6) is 0.894. The molecule has 0 spiro atoms. The van der Waals surface area contributed by atoms with E-state index in [2.05, 4.69) is 28.9 Å². The monoisotopic (exact) mass is 306 g/mol. The van der Waals surface area contributed by atoms with Gasteiger partial charge >= 0.3 is 0 Å². The van der Waals surface area contributed by atoms with E-state index in [9.17, 15) is 0 Å². The van der Waals surface area contributed by atoms with Crippen molar-refractivity contribution in [2.45, 2.75) is 45.2 Å². The lowest BCUT2D eigenvalue weighted by atomic mass is 9.95. The van der Waals surface area contributed by atoms with Gasteiger partial charge in [-0.1, -0.05) is 30.7 Å². The molecule has 3 rings (SSSR count). The highest BCUT2D eigenvalue weighted by Crippen LogP contribution is 2.24. The van der Waals surface area contributed by atoms with E-state index in [-0.39, 0.29) is 0 Å². The lowest BCUT2D eigenvalue weighted by molar-refractivity contribution is 0.0729. The fourth-order valence-electron chi connectivity index (χ4n) is 3.85. The standard InChI is InChI=1S/C18H27ClN2/c1-15-3-2-10-21(13-15)18-8-11-20(12-9-18)14-16-4-6-17(19)7-5-16/h4-7,15,18H,2-3,8-14H2,1H3. The van der Waals surface area contributed by atoms with Crippen molar-refractivity contribution in [2.75, 3.05) is 26.2 Å². The minimum absolute atomic E-state index is 0.828. The molecule has 0 amide bonds. The molecule has 0 saturated carbocycles. The zero-order valence-corrected chi connectivity index (χ0v) is 13.9. The van der Waals surface area contributed by atoms with E-state index in [0.29, 0.717) is 0 Å². The first-order chi connectivity index (χ1) is 10.2. The Hall–Kier alpha value is -0.570. The minimum Gasteiger partial charge on any atom is -0.300 e. The molecular formula is C18H27ClN2. The molecule has 2 aliphatic rings. The molecule has 2 heterocycles. The smallest absolute Gasteiger partial charge is 0.0406 e. The molecule has 1 atom stereocenters. The van der Waals surface area contributed by atoms with Crippen molar-refractivity contribution in [3.05, 3.63) is 34.9 Å². The van der Waals surface area contributed by atoms with Gasteiger partial charge in [0.05, 0.1) is 0 Å². The van der Waals surface area contributed by atoms with E-state index in [1.807, 2.05) is 12.1 Å². The largest absolute Gasteiger partial charge is 0.300 e. The molecular weight excluding hydrogens is 280 g/mol. The summed E-state index contributed by atoms with van der Waals surface area (Å²) >= 11 is 5.95. The number of nitrogens with zero attached hydrogens (tertiary/aromatic N) is 2. The van der Waals surface area contributed by atoms with Gasteiger partial charge < -0.3 is 4.90 Å². The van der Waals surface area contributed by atoms with Crippen LogP contribution in [0.25, 0.3) is 0 Å². The molecule has 1 unspecified atom stereocenters. The Bertz CT molecular complexity index is 437. The van der Waals surface area contributed by atoms with Crippen molar-refractivity contribution < 1.29 is 0 Å². The van der Waals surface area contributed by atoms with E-state index in [0.717, 1.165) is 23.5 Å². The third-order valence-corrected chi connectivity index (χ3v) is 5.33. The van der Waals surface area contributed by atoms with Crippen LogP contribution >= 0.6 is 11.6 Å². The average molecular weight is 307 g/mol. The number of piperidine rings is 2. The van der Waals surface area contributed by atoms with Crippen LogP contribution in [0.1, 0.15) is 38.2 Å². The van der Waals surface area contributed by atoms with Gasteiger partial charge in [0.25, 0.3) is 0 Å². The van der Waals surface area contributed by atoms with Crippen molar-refractivity contribution in [1.82, 2.24) is 9.80 Å². The second-order valence-electron chi connectivity index (χ2n) is 6.88. The highest BCUT2D eigenvalue weighted by Gasteiger charge is 2.27. The summed E-state index contributed by atoms with van der Waals surface area (Å²) in [7, 11) is 0. The Labute approximate surface area is 134 Å². The maximum Gasteiger partial charge on any atom is 0.0406 e. The van der Waals surface area contributed by atoms with Gasteiger partial charge in [-0.3, -0.25) is 4.90 Å². The van der Waals surface area contributed by atoms with Gasteiger partial charge in [0.15, 0.2) is 0 Å². The summed E-state index contributed by atoms with van der Waals surface area (Å²) in [6.07, 6.45) is 5.48. The van der Waals surface area contributed by atoms with Crippen LogP contribution in [-0.2, 0) is 6.54 Å². The van der Waals surface area contributed by atoms with Crippen molar-refractivity contribution in [1.29, 1.82) is 0 Å². The molecule has 0 N–H and O–H groups in total. The van der Waals surface area contributed by atoms with Crippen LogP contribution in [0.4, 0.5) is 0 Å². The molecule has 1 aromatic carbocycles. The SMILES string of the molecule is CC1CCCN(C2CCN(Cc3ccc(Cl)cc3)CC2)C1. The topological polar surface area (TPSA) is 6.48 Å². The highest BCUT2D eigenvalue weighted by atomic mass is 35.5. The molecule has 0 aliphatic carbocycles. The summed E-state index contributed by atoms with van der Waals surface area (Å²) in [4.78, 5) is 5.35. The third-order valence-electron chi connectivity index (χ3n) is 5.08. The third kappa shape index (κ3) is 4.21. The average Bonchev–Trinajstić information content (AvgIpc) is 2.50. The van der Waals surface area contributed by atoms with Gasteiger partial charge in [-0.15, -0.1) is 0 Å². The lowest BCUT2D eigenvalue weighted by Crippen LogP contribution is -2.47. The van der Waals surface area contributed by atoms with Gasteiger partial charge in [-0.2, -0.15) is 0 Å². The van der Waals surface area contributed by atoms with Gasteiger partial charge in [-0.25, -0.2) is 0 Å². The summed E-state index contributed by atoms with van der Waals surface area (Å²) in [5.41, 5.74) is 1.38. The van der Waals surface area contributed by atoms with Crippen LogP contribution < -0.4 is 0 Å². The number of hydrogen-bond acceptors (Lipinski definition) is 2. The van der Waals surface area contributed by atoms with Crippen LogP contribution in [0.15, 0.2) is 24.3 Å². The predicted octanol–water partition coefficient (Wildman–Crippen LogP) is 4.04. The summed E-state index contributed by atoms with van der Waals surface area (Å²) in [6, 6.07) is 9.13. The van der Waals surface area contributed by atoms with Crippen molar-refractivity contribution in [2.24, 2.45) is 5.92 Å². The van der Waals surface area contributed by atoms with Gasteiger partial charge in [0, 0.05) is 24.2 Å². The first kappa shape index (κ1) is 15.3. The zero-order valence-electron chi connectivity index (χ0n) is 13.1. The Kier molecular flexibility index (Phi) is 5.20. The summed E-state index contributed by atoms with van der Waals surface area (Å²) in [5, 5.41) is 0.830. The van der Waals surface area contributed by atoms with E-state index in [1.165, 1.54) is 57.4 Å². The quantitative estimate of drug-likeness (QED) is 0.831. The molecule has 2 saturated heterocycles. The molecule has 116 valence electrons. The fourth-order valence-corrected chi connectivity index (χ4v) is 3.97. The lowest BCUT2D eigenvalue weighted by Gasteiger charge is -2.41. The normalized spacial score (nSPS) is 26.1. The molecule has 21 heavy (non-hydrogen) atoms. The fraction of sp³-hybridized carbons (Fsp3) is 0.667. The minimum atomic E-state index is 0.828. The van der Waals surface area contributed by atoms with Gasteiger partial charge in [0.1, 0.15) is 0 Å². The number of hydrogen-bond donors (Lipinski definition) is 0. The first-order valence-corrected chi connectivity index (χ1v) is 8.79. The second kappa shape index (κ2) is 7.13. The van der Waals surface area contributed by atoms with Crippen LogP contribution in [0.5, 0.6) is 0 Å². The highest BCUT2D eigenvalue weighted by molar-refractivity contribution is 6.30. The molecule has 0 aromatic heterocycles. The van der Waals surface area contributed by atoms with E-state index in [4.69, 9.17) is 11.6 Å². The van der Waals surface area contributed by atoms with Gasteiger partial charge in [0.2, 0.25) is 0 Å². The van der Waals surface area contributed by atoms with Crippen LogP contribution in [0.2, 0.25) is 5.02 Å².